The summed E-state index contributed by atoms with van der Waals surface area (Å²) in [6, 6.07) is 7.07. The van der Waals surface area contributed by atoms with Crippen molar-refractivity contribution in [1.82, 2.24) is 0 Å². The zero-order valence-electron chi connectivity index (χ0n) is 10.9. The largest absolute Gasteiger partial charge is 0.451 e. The summed E-state index contributed by atoms with van der Waals surface area (Å²) in [6.07, 6.45) is 0. The predicted octanol–water partition coefficient (Wildman–Crippen LogP) is 3.11. The fourth-order valence-electron chi connectivity index (χ4n) is 1.54. The van der Waals surface area contributed by atoms with E-state index in [1.165, 1.54) is 23.5 Å². The van der Waals surface area contributed by atoms with Crippen molar-refractivity contribution in [2.24, 2.45) is 0 Å². The number of hydrogen-bond acceptors (Lipinski definition) is 6. The van der Waals surface area contributed by atoms with E-state index in [2.05, 4.69) is 5.32 Å². The molecule has 114 valence electrons. The Labute approximate surface area is 133 Å². The van der Waals surface area contributed by atoms with E-state index < -0.39 is 23.4 Å². The van der Waals surface area contributed by atoms with Crippen LogP contribution in [-0.4, -0.2) is 23.4 Å². The third-order valence-electron chi connectivity index (χ3n) is 2.49. The summed E-state index contributed by atoms with van der Waals surface area (Å²) in [6.45, 7) is -0.545. The van der Waals surface area contributed by atoms with Crippen molar-refractivity contribution >= 4 is 46.2 Å². The van der Waals surface area contributed by atoms with Crippen LogP contribution in [0.1, 0.15) is 9.67 Å². The molecule has 0 unspecified atom stereocenters. The number of hydrogen-bond donors (Lipinski definition) is 1. The van der Waals surface area contributed by atoms with Gasteiger partial charge in [-0.05, 0) is 23.6 Å². The molecule has 0 aliphatic carbocycles. The van der Waals surface area contributed by atoms with Gasteiger partial charge in [-0.25, -0.2) is 4.79 Å². The van der Waals surface area contributed by atoms with E-state index >= 15 is 0 Å². The number of nitrogens with one attached hydrogen (secondary N) is 1. The van der Waals surface area contributed by atoms with Crippen molar-refractivity contribution in [1.29, 1.82) is 0 Å². The van der Waals surface area contributed by atoms with Gasteiger partial charge in [-0.2, -0.15) is 0 Å². The van der Waals surface area contributed by atoms with Gasteiger partial charge in [-0.3, -0.25) is 14.9 Å². The molecule has 1 aromatic heterocycles. The smallest absolute Gasteiger partial charge is 0.348 e. The minimum Gasteiger partial charge on any atom is -0.451 e. The first-order chi connectivity index (χ1) is 10.5. The Morgan fingerprint density at radius 3 is 2.77 bits per heavy atom. The molecule has 2 rings (SSSR count). The Bertz CT molecular complexity index is 717. The number of nitrogens with zero attached hydrogens (tertiary/aromatic N) is 1. The fourth-order valence-corrected chi connectivity index (χ4v) is 2.33. The number of thiophene rings is 1. The second-order valence-electron chi connectivity index (χ2n) is 4.02. The molecule has 22 heavy (non-hydrogen) atoms. The minimum absolute atomic E-state index is 0.0217. The SMILES string of the molecule is O=C(COC(=O)c1cccs1)Nc1ccc(Cl)cc1[N+](=O)[O-]. The molecular formula is C13H9ClN2O5S. The van der Waals surface area contributed by atoms with Gasteiger partial charge in [0, 0.05) is 11.1 Å². The molecule has 0 bridgehead atoms. The van der Waals surface area contributed by atoms with Crippen LogP contribution in [0.5, 0.6) is 0 Å². The summed E-state index contributed by atoms with van der Waals surface area (Å²) in [4.78, 5) is 33.9. The fraction of sp³-hybridized carbons (Fsp3) is 0.0769. The van der Waals surface area contributed by atoms with E-state index in [1.54, 1.807) is 17.5 Å². The number of nitro benzene ring substituents is 1. The van der Waals surface area contributed by atoms with Crippen LogP contribution in [0, 0.1) is 10.1 Å². The number of carbonyl (C=O) groups excluding carboxylic acids is 2. The number of ether oxygens (including phenoxy) is 1. The number of benzene rings is 1. The van der Waals surface area contributed by atoms with Crippen molar-refractivity contribution < 1.29 is 19.2 Å². The average Bonchev–Trinajstić information content (AvgIpc) is 3.00. The van der Waals surface area contributed by atoms with Crippen LogP contribution in [0.4, 0.5) is 11.4 Å². The van der Waals surface area contributed by atoms with Gasteiger partial charge in [-0.15, -0.1) is 11.3 Å². The Morgan fingerprint density at radius 1 is 1.36 bits per heavy atom. The average molecular weight is 341 g/mol. The molecule has 1 aromatic carbocycles. The Balaban J connectivity index is 1.98. The second-order valence-corrected chi connectivity index (χ2v) is 5.40. The van der Waals surface area contributed by atoms with Crippen molar-refractivity contribution in [3.8, 4) is 0 Å². The highest BCUT2D eigenvalue weighted by Gasteiger charge is 2.17. The van der Waals surface area contributed by atoms with Crippen molar-refractivity contribution in [3.05, 3.63) is 55.7 Å². The van der Waals surface area contributed by atoms with Crippen LogP contribution < -0.4 is 5.32 Å². The Morgan fingerprint density at radius 2 is 2.14 bits per heavy atom. The summed E-state index contributed by atoms with van der Waals surface area (Å²) < 4.78 is 4.81. The maximum Gasteiger partial charge on any atom is 0.348 e. The van der Waals surface area contributed by atoms with Crippen molar-refractivity contribution in [2.45, 2.75) is 0 Å². The zero-order valence-corrected chi connectivity index (χ0v) is 12.5. The highest BCUT2D eigenvalue weighted by molar-refractivity contribution is 7.11. The molecule has 0 spiro atoms. The van der Waals surface area contributed by atoms with Crippen LogP contribution in [0.3, 0.4) is 0 Å². The van der Waals surface area contributed by atoms with Crippen LogP contribution in [0.25, 0.3) is 0 Å². The highest BCUT2D eigenvalue weighted by atomic mass is 35.5. The van der Waals surface area contributed by atoms with E-state index in [0.29, 0.717) is 4.88 Å². The van der Waals surface area contributed by atoms with Gasteiger partial charge in [0.15, 0.2) is 6.61 Å². The van der Waals surface area contributed by atoms with E-state index in [1.807, 2.05) is 0 Å². The van der Waals surface area contributed by atoms with Gasteiger partial charge in [-0.1, -0.05) is 17.7 Å². The molecule has 1 N–H and O–H groups in total. The lowest BCUT2D eigenvalue weighted by molar-refractivity contribution is -0.383. The zero-order chi connectivity index (χ0) is 16.1. The molecule has 0 atom stereocenters. The van der Waals surface area contributed by atoms with Gasteiger partial charge >= 0.3 is 5.97 Å². The summed E-state index contributed by atoms with van der Waals surface area (Å²) in [5.41, 5.74) is -0.364. The first kappa shape index (κ1) is 15.9. The number of anilines is 1. The first-order valence-corrected chi connectivity index (χ1v) is 7.17. The standard InChI is InChI=1S/C13H9ClN2O5S/c14-8-3-4-9(10(6-8)16(19)20)15-12(17)7-21-13(18)11-2-1-5-22-11/h1-6H,7H2,(H,15,17). The number of nitro groups is 1. The number of carbonyl (C=O) groups is 2. The summed E-state index contributed by atoms with van der Waals surface area (Å²) in [5.74, 6) is -1.31. The van der Waals surface area contributed by atoms with Crippen LogP contribution in [-0.2, 0) is 9.53 Å². The molecule has 0 aliphatic heterocycles. The molecule has 0 saturated carbocycles. The molecule has 0 saturated heterocycles. The molecule has 1 amide bonds. The molecule has 9 heteroatoms. The summed E-state index contributed by atoms with van der Waals surface area (Å²) >= 11 is 6.86. The number of halogens is 1. The lowest BCUT2D eigenvalue weighted by Crippen LogP contribution is -2.21. The van der Waals surface area contributed by atoms with Gasteiger partial charge in [0.1, 0.15) is 10.6 Å². The quantitative estimate of drug-likeness (QED) is 0.512. The van der Waals surface area contributed by atoms with Gasteiger partial charge < -0.3 is 10.1 Å². The topological polar surface area (TPSA) is 98.5 Å². The van der Waals surface area contributed by atoms with Gasteiger partial charge in [0.05, 0.1) is 4.92 Å². The lowest BCUT2D eigenvalue weighted by Gasteiger charge is -2.06. The number of amides is 1. The number of esters is 1. The molecule has 0 aliphatic rings. The monoisotopic (exact) mass is 340 g/mol. The predicted molar refractivity (Wildman–Crippen MR) is 81.3 cm³/mol. The first-order valence-electron chi connectivity index (χ1n) is 5.92. The number of rotatable bonds is 5. The molecule has 0 radical (unpaired) electrons. The van der Waals surface area contributed by atoms with Gasteiger partial charge in [0.25, 0.3) is 11.6 Å². The lowest BCUT2D eigenvalue weighted by atomic mass is 10.2. The van der Waals surface area contributed by atoms with Crippen LogP contribution in [0.15, 0.2) is 35.7 Å². The molecular weight excluding hydrogens is 332 g/mol. The maximum absolute atomic E-state index is 11.7. The minimum atomic E-state index is -0.685. The summed E-state index contributed by atoms with van der Waals surface area (Å²) in [7, 11) is 0. The van der Waals surface area contributed by atoms with Crippen molar-refractivity contribution in [2.75, 3.05) is 11.9 Å². The van der Waals surface area contributed by atoms with Gasteiger partial charge in [0.2, 0.25) is 0 Å². The molecule has 2 aromatic rings. The Kier molecular flexibility index (Phi) is 5.08. The van der Waals surface area contributed by atoms with Crippen LogP contribution in [0.2, 0.25) is 5.02 Å². The molecule has 7 nitrogen and oxygen atoms in total. The summed E-state index contributed by atoms with van der Waals surface area (Å²) in [5, 5.41) is 15.1. The van der Waals surface area contributed by atoms with Crippen molar-refractivity contribution in [3.63, 3.8) is 0 Å². The third-order valence-corrected chi connectivity index (χ3v) is 3.57. The van der Waals surface area contributed by atoms with E-state index in [0.717, 1.165) is 6.07 Å². The second kappa shape index (κ2) is 7.01. The maximum atomic E-state index is 11.7. The van der Waals surface area contributed by atoms with E-state index in [4.69, 9.17) is 16.3 Å². The Hall–Kier alpha value is -2.45. The highest BCUT2D eigenvalue weighted by Crippen LogP contribution is 2.27. The third kappa shape index (κ3) is 4.03. The molecule has 0 fully saturated rings. The van der Waals surface area contributed by atoms with E-state index in [9.17, 15) is 19.7 Å². The van der Waals surface area contributed by atoms with E-state index in [-0.39, 0.29) is 16.4 Å². The van der Waals surface area contributed by atoms with Crippen LogP contribution >= 0.6 is 22.9 Å². The normalized spacial score (nSPS) is 10.0. The molecule has 1 heterocycles.